The van der Waals surface area contributed by atoms with Gasteiger partial charge in [0.05, 0.1) is 19.9 Å². The summed E-state index contributed by atoms with van der Waals surface area (Å²) in [6.07, 6.45) is 0. The molecular formula is C14H21NO3. The van der Waals surface area contributed by atoms with Crippen molar-refractivity contribution in [3.63, 3.8) is 0 Å². The Hall–Kier alpha value is -1.71. The van der Waals surface area contributed by atoms with Gasteiger partial charge in [-0.25, -0.2) is 0 Å². The summed E-state index contributed by atoms with van der Waals surface area (Å²) in [5.74, 6) is 0.408. The van der Waals surface area contributed by atoms with Crippen molar-refractivity contribution in [1.82, 2.24) is 0 Å². The SMILES string of the molecule is COC(=O)CNc1cc(C(C)(C)C)ccc1OC. The Morgan fingerprint density at radius 2 is 1.94 bits per heavy atom. The average molecular weight is 251 g/mol. The molecule has 0 amide bonds. The average Bonchev–Trinajstić information content (AvgIpc) is 2.34. The third-order valence-corrected chi connectivity index (χ3v) is 2.72. The molecule has 0 aliphatic heterocycles. The van der Waals surface area contributed by atoms with Crippen LogP contribution in [-0.2, 0) is 14.9 Å². The number of hydrogen-bond acceptors (Lipinski definition) is 4. The lowest BCUT2D eigenvalue weighted by Crippen LogP contribution is -2.17. The van der Waals surface area contributed by atoms with Gasteiger partial charge in [0.25, 0.3) is 0 Å². The van der Waals surface area contributed by atoms with Crippen LogP contribution in [0.5, 0.6) is 5.75 Å². The smallest absolute Gasteiger partial charge is 0.325 e. The van der Waals surface area contributed by atoms with Crippen LogP contribution in [-0.4, -0.2) is 26.7 Å². The summed E-state index contributed by atoms with van der Waals surface area (Å²) < 4.78 is 9.87. The number of benzene rings is 1. The number of hydrogen-bond donors (Lipinski definition) is 1. The van der Waals surface area contributed by atoms with Crippen molar-refractivity contribution in [3.05, 3.63) is 23.8 Å². The number of methoxy groups -OCH3 is 2. The highest BCUT2D eigenvalue weighted by atomic mass is 16.5. The summed E-state index contributed by atoms with van der Waals surface area (Å²) >= 11 is 0. The van der Waals surface area contributed by atoms with Crippen molar-refractivity contribution >= 4 is 11.7 Å². The van der Waals surface area contributed by atoms with E-state index in [2.05, 4.69) is 30.8 Å². The van der Waals surface area contributed by atoms with Gasteiger partial charge in [-0.3, -0.25) is 4.79 Å². The molecule has 0 radical (unpaired) electrons. The third kappa shape index (κ3) is 3.65. The molecule has 0 unspecified atom stereocenters. The van der Waals surface area contributed by atoms with E-state index in [1.807, 2.05) is 18.2 Å². The quantitative estimate of drug-likeness (QED) is 0.835. The van der Waals surface area contributed by atoms with Gasteiger partial charge in [0.2, 0.25) is 0 Å². The molecule has 18 heavy (non-hydrogen) atoms. The number of anilines is 1. The lowest BCUT2D eigenvalue weighted by molar-refractivity contribution is -0.138. The Labute approximate surface area is 108 Å². The molecule has 4 nitrogen and oxygen atoms in total. The zero-order valence-corrected chi connectivity index (χ0v) is 11.7. The molecule has 4 heteroatoms. The molecule has 0 fully saturated rings. The van der Waals surface area contributed by atoms with Gasteiger partial charge in [-0.15, -0.1) is 0 Å². The summed E-state index contributed by atoms with van der Waals surface area (Å²) in [4.78, 5) is 11.1. The first-order chi connectivity index (χ1) is 8.38. The van der Waals surface area contributed by atoms with Crippen LogP contribution in [0.3, 0.4) is 0 Å². The second kappa shape index (κ2) is 5.76. The molecule has 1 aromatic rings. The number of rotatable bonds is 4. The maximum Gasteiger partial charge on any atom is 0.325 e. The van der Waals surface area contributed by atoms with Crippen molar-refractivity contribution in [3.8, 4) is 5.75 Å². The van der Waals surface area contributed by atoms with Gasteiger partial charge in [-0.05, 0) is 23.1 Å². The minimum atomic E-state index is -0.307. The number of ether oxygens (including phenoxy) is 2. The summed E-state index contributed by atoms with van der Waals surface area (Å²) in [7, 11) is 2.97. The monoisotopic (exact) mass is 251 g/mol. The van der Waals surface area contributed by atoms with Crippen LogP contribution in [0.1, 0.15) is 26.3 Å². The molecular weight excluding hydrogens is 230 g/mol. The highest BCUT2D eigenvalue weighted by Gasteiger charge is 2.16. The van der Waals surface area contributed by atoms with E-state index in [4.69, 9.17) is 4.74 Å². The van der Waals surface area contributed by atoms with Gasteiger partial charge >= 0.3 is 5.97 Å². The van der Waals surface area contributed by atoms with E-state index in [0.717, 1.165) is 5.69 Å². The van der Waals surface area contributed by atoms with Gasteiger partial charge in [0.15, 0.2) is 0 Å². The fourth-order valence-electron chi connectivity index (χ4n) is 1.55. The molecule has 100 valence electrons. The predicted molar refractivity (Wildman–Crippen MR) is 72.2 cm³/mol. The topological polar surface area (TPSA) is 47.6 Å². The number of nitrogens with one attached hydrogen (secondary N) is 1. The Morgan fingerprint density at radius 1 is 1.28 bits per heavy atom. The van der Waals surface area contributed by atoms with Gasteiger partial charge in [-0.1, -0.05) is 26.8 Å². The lowest BCUT2D eigenvalue weighted by atomic mass is 9.87. The molecule has 1 aromatic carbocycles. The summed E-state index contributed by atoms with van der Waals surface area (Å²) in [5, 5.41) is 3.03. The number of carbonyl (C=O) groups is 1. The molecule has 0 saturated heterocycles. The summed E-state index contributed by atoms with van der Waals surface area (Å²) in [6.45, 7) is 6.54. The standard InChI is InChI=1S/C14H21NO3/c1-14(2,3)10-6-7-12(17-4)11(8-10)15-9-13(16)18-5/h6-8,15H,9H2,1-5H3. The van der Waals surface area contributed by atoms with Crippen LogP contribution >= 0.6 is 0 Å². The second-order valence-corrected chi connectivity index (χ2v) is 5.09. The Morgan fingerprint density at radius 3 is 2.44 bits per heavy atom. The molecule has 0 atom stereocenters. The van der Waals surface area contributed by atoms with Crippen LogP contribution in [0.15, 0.2) is 18.2 Å². The fourth-order valence-corrected chi connectivity index (χ4v) is 1.55. The van der Waals surface area contributed by atoms with Crippen LogP contribution < -0.4 is 10.1 Å². The normalized spacial score (nSPS) is 10.9. The first-order valence-corrected chi connectivity index (χ1v) is 5.87. The molecule has 1 N–H and O–H groups in total. The summed E-state index contributed by atoms with van der Waals surface area (Å²) in [5.41, 5.74) is 2.03. The molecule has 0 heterocycles. The number of carbonyl (C=O) groups excluding carboxylic acids is 1. The maximum absolute atomic E-state index is 11.1. The van der Waals surface area contributed by atoms with Crippen molar-refractivity contribution in [2.24, 2.45) is 0 Å². The maximum atomic E-state index is 11.1. The number of esters is 1. The molecule has 0 saturated carbocycles. The Bertz CT molecular complexity index is 422. The van der Waals surface area contributed by atoms with Gasteiger partial charge in [0, 0.05) is 0 Å². The van der Waals surface area contributed by atoms with Crippen LogP contribution in [0.4, 0.5) is 5.69 Å². The molecule has 0 aliphatic carbocycles. The summed E-state index contributed by atoms with van der Waals surface area (Å²) in [6, 6.07) is 5.93. The predicted octanol–water partition coefficient (Wildman–Crippen LogP) is 2.58. The Kier molecular flexibility index (Phi) is 4.59. The van der Waals surface area contributed by atoms with E-state index in [-0.39, 0.29) is 17.9 Å². The van der Waals surface area contributed by atoms with E-state index in [0.29, 0.717) is 5.75 Å². The van der Waals surface area contributed by atoms with Gasteiger partial charge < -0.3 is 14.8 Å². The first kappa shape index (κ1) is 14.4. The van der Waals surface area contributed by atoms with Crippen molar-refractivity contribution in [2.75, 3.05) is 26.1 Å². The molecule has 0 aliphatic rings. The molecule has 0 spiro atoms. The Balaban J connectivity index is 2.96. The van der Waals surface area contributed by atoms with Crippen molar-refractivity contribution < 1.29 is 14.3 Å². The minimum Gasteiger partial charge on any atom is -0.495 e. The van der Waals surface area contributed by atoms with Gasteiger partial charge in [0.1, 0.15) is 12.3 Å². The lowest BCUT2D eigenvalue weighted by Gasteiger charge is -2.21. The fraction of sp³-hybridized carbons (Fsp3) is 0.500. The van der Waals surface area contributed by atoms with Crippen LogP contribution in [0, 0.1) is 0 Å². The van der Waals surface area contributed by atoms with E-state index in [1.165, 1.54) is 12.7 Å². The highest BCUT2D eigenvalue weighted by molar-refractivity contribution is 5.76. The minimum absolute atomic E-state index is 0.0496. The van der Waals surface area contributed by atoms with E-state index >= 15 is 0 Å². The van der Waals surface area contributed by atoms with E-state index < -0.39 is 0 Å². The second-order valence-electron chi connectivity index (χ2n) is 5.09. The molecule has 0 aromatic heterocycles. The zero-order valence-electron chi connectivity index (χ0n) is 11.7. The first-order valence-electron chi connectivity index (χ1n) is 5.87. The largest absolute Gasteiger partial charge is 0.495 e. The van der Waals surface area contributed by atoms with Crippen LogP contribution in [0.25, 0.3) is 0 Å². The van der Waals surface area contributed by atoms with E-state index in [9.17, 15) is 4.79 Å². The van der Waals surface area contributed by atoms with Gasteiger partial charge in [-0.2, -0.15) is 0 Å². The third-order valence-electron chi connectivity index (χ3n) is 2.72. The van der Waals surface area contributed by atoms with Crippen molar-refractivity contribution in [1.29, 1.82) is 0 Å². The van der Waals surface area contributed by atoms with E-state index in [1.54, 1.807) is 7.11 Å². The van der Waals surface area contributed by atoms with Crippen LogP contribution in [0.2, 0.25) is 0 Å². The van der Waals surface area contributed by atoms with Crippen molar-refractivity contribution in [2.45, 2.75) is 26.2 Å². The molecule has 0 bridgehead atoms. The molecule has 1 rings (SSSR count). The highest BCUT2D eigenvalue weighted by Crippen LogP contribution is 2.31. The zero-order chi connectivity index (χ0) is 13.8.